The highest BCUT2D eigenvalue weighted by Crippen LogP contribution is 2.16. The Labute approximate surface area is 173 Å². The molecule has 156 valence electrons. The predicted octanol–water partition coefficient (Wildman–Crippen LogP) is 5.41. The maximum Gasteiger partial charge on any atom is 0.375 e. The van der Waals surface area contributed by atoms with Crippen molar-refractivity contribution in [1.82, 2.24) is 5.06 Å². The standard InChI is InChI=1S/C24H31NO4/c1-3-25(4-2)29-28-24(27)22-18-13-12-15-20(22)14-8-5-6-11-19-23(26)21-16-9-7-10-17-21/h7,9-10,12-13,15-18H,3-6,8,11,14,19H2,1-2H3. The lowest BCUT2D eigenvalue weighted by atomic mass is 9.99. The van der Waals surface area contributed by atoms with E-state index in [1.807, 2.05) is 62.4 Å². The molecule has 0 fully saturated rings. The molecule has 2 aromatic rings. The summed E-state index contributed by atoms with van der Waals surface area (Å²) in [7, 11) is 0. The minimum absolute atomic E-state index is 0.201. The van der Waals surface area contributed by atoms with Crippen molar-refractivity contribution in [3.05, 3.63) is 71.3 Å². The Hall–Kier alpha value is -2.50. The highest BCUT2D eigenvalue weighted by molar-refractivity contribution is 5.95. The Kier molecular flexibility index (Phi) is 10.1. The number of hydrogen-bond acceptors (Lipinski definition) is 5. The molecule has 0 aliphatic heterocycles. The minimum Gasteiger partial charge on any atom is -0.294 e. The number of carbonyl (C=O) groups is 2. The molecule has 0 unspecified atom stereocenters. The van der Waals surface area contributed by atoms with Gasteiger partial charge in [-0.1, -0.05) is 66.4 Å². The second kappa shape index (κ2) is 12.9. The van der Waals surface area contributed by atoms with E-state index in [9.17, 15) is 9.59 Å². The van der Waals surface area contributed by atoms with Gasteiger partial charge in [0.15, 0.2) is 5.78 Å². The first-order chi connectivity index (χ1) is 14.2. The van der Waals surface area contributed by atoms with Gasteiger partial charge < -0.3 is 0 Å². The van der Waals surface area contributed by atoms with Crippen LogP contribution in [0.5, 0.6) is 0 Å². The SMILES string of the molecule is CCN(CC)OOC(=O)c1ccccc1CCCCCCC(=O)c1ccccc1. The first-order valence-electron chi connectivity index (χ1n) is 10.5. The van der Waals surface area contributed by atoms with Crippen molar-refractivity contribution in [1.29, 1.82) is 0 Å². The molecule has 0 spiro atoms. The fraction of sp³-hybridized carbons (Fsp3) is 0.417. The molecular formula is C24H31NO4. The third kappa shape index (κ3) is 7.80. The van der Waals surface area contributed by atoms with E-state index in [1.54, 1.807) is 11.1 Å². The first kappa shape index (κ1) is 22.8. The number of hydrogen-bond donors (Lipinski definition) is 0. The van der Waals surface area contributed by atoms with Crippen LogP contribution in [0, 0.1) is 0 Å². The van der Waals surface area contributed by atoms with Crippen molar-refractivity contribution in [2.45, 2.75) is 52.4 Å². The zero-order valence-corrected chi connectivity index (χ0v) is 17.4. The number of carbonyl (C=O) groups excluding carboxylic acids is 2. The van der Waals surface area contributed by atoms with Gasteiger partial charge >= 0.3 is 5.97 Å². The van der Waals surface area contributed by atoms with Crippen molar-refractivity contribution < 1.29 is 19.5 Å². The third-order valence-electron chi connectivity index (χ3n) is 4.86. The summed E-state index contributed by atoms with van der Waals surface area (Å²) >= 11 is 0. The Balaban J connectivity index is 1.72. The molecule has 29 heavy (non-hydrogen) atoms. The number of ketones is 1. The van der Waals surface area contributed by atoms with Crippen LogP contribution >= 0.6 is 0 Å². The highest BCUT2D eigenvalue weighted by atomic mass is 17.3. The molecule has 2 rings (SSSR count). The molecular weight excluding hydrogens is 366 g/mol. The number of aryl methyl sites for hydroxylation is 1. The largest absolute Gasteiger partial charge is 0.375 e. The van der Waals surface area contributed by atoms with Gasteiger partial charge in [0.2, 0.25) is 0 Å². The van der Waals surface area contributed by atoms with E-state index in [0.717, 1.165) is 43.2 Å². The molecule has 0 bridgehead atoms. The van der Waals surface area contributed by atoms with Gasteiger partial charge in [-0.3, -0.25) is 9.68 Å². The zero-order valence-electron chi connectivity index (χ0n) is 17.4. The molecule has 0 saturated carbocycles. The second-order valence-electron chi connectivity index (χ2n) is 6.92. The van der Waals surface area contributed by atoms with Crippen molar-refractivity contribution in [3.8, 4) is 0 Å². The van der Waals surface area contributed by atoms with Crippen molar-refractivity contribution in [3.63, 3.8) is 0 Å². The van der Waals surface area contributed by atoms with Crippen LogP contribution in [0.1, 0.15) is 72.2 Å². The summed E-state index contributed by atoms with van der Waals surface area (Å²) in [5, 5.41) is 1.57. The zero-order chi connectivity index (χ0) is 20.9. The average Bonchev–Trinajstić information content (AvgIpc) is 2.77. The molecule has 5 heteroatoms. The molecule has 0 saturated heterocycles. The Morgan fingerprint density at radius 1 is 0.828 bits per heavy atom. The second-order valence-corrected chi connectivity index (χ2v) is 6.92. The Bertz CT molecular complexity index is 756. The fourth-order valence-electron chi connectivity index (χ4n) is 3.12. The third-order valence-corrected chi connectivity index (χ3v) is 4.86. The van der Waals surface area contributed by atoms with Gasteiger partial charge in [0.1, 0.15) is 0 Å². The number of rotatable bonds is 13. The highest BCUT2D eigenvalue weighted by Gasteiger charge is 2.15. The lowest BCUT2D eigenvalue weighted by Gasteiger charge is -2.15. The van der Waals surface area contributed by atoms with E-state index < -0.39 is 5.97 Å². The van der Waals surface area contributed by atoms with Crippen molar-refractivity contribution in [2.24, 2.45) is 0 Å². The summed E-state index contributed by atoms with van der Waals surface area (Å²) in [6, 6.07) is 16.9. The van der Waals surface area contributed by atoms with E-state index >= 15 is 0 Å². The topological polar surface area (TPSA) is 55.8 Å². The number of unbranched alkanes of at least 4 members (excludes halogenated alkanes) is 3. The van der Waals surface area contributed by atoms with Gasteiger partial charge in [-0.15, -0.1) is 5.06 Å². The maximum absolute atomic E-state index is 12.3. The molecule has 0 aliphatic carbocycles. The molecule has 0 amide bonds. The van der Waals surface area contributed by atoms with E-state index in [-0.39, 0.29) is 5.78 Å². The summed E-state index contributed by atoms with van der Waals surface area (Å²) in [5.74, 6) is -0.271. The molecule has 5 nitrogen and oxygen atoms in total. The maximum atomic E-state index is 12.3. The van der Waals surface area contributed by atoms with Crippen LogP contribution in [0.25, 0.3) is 0 Å². The molecule has 0 aliphatic rings. The van der Waals surface area contributed by atoms with Crippen molar-refractivity contribution in [2.75, 3.05) is 13.1 Å². The van der Waals surface area contributed by atoms with Crippen LogP contribution in [0.3, 0.4) is 0 Å². The number of Topliss-reactive ketones (excluding diaryl/α,β-unsaturated/α-hetero) is 1. The fourth-order valence-corrected chi connectivity index (χ4v) is 3.12. The minimum atomic E-state index is -0.471. The summed E-state index contributed by atoms with van der Waals surface area (Å²) in [5.41, 5.74) is 2.28. The van der Waals surface area contributed by atoms with E-state index in [0.29, 0.717) is 25.1 Å². The van der Waals surface area contributed by atoms with Gasteiger partial charge in [-0.2, -0.15) is 0 Å². The Morgan fingerprint density at radius 3 is 2.21 bits per heavy atom. The smallest absolute Gasteiger partial charge is 0.294 e. The number of benzene rings is 2. The van der Waals surface area contributed by atoms with Crippen LogP contribution in [0.2, 0.25) is 0 Å². The molecule has 0 radical (unpaired) electrons. The molecule has 0 aromatic heterocycles. The normalized spacial score (nSPS) is 10.9. The van der Waals surface area contributed by atoms with Gasteiger partial charge in [-0.05, 0) is 44.7 Å². The predicted molar refractivity (Wildman–Crippen MR) is 113 cm³/mol. The van der Waals surface area contributed by atoms with Gasteiger partial charge in [0.05, 0.1) is 5.56 Å². The van der Waals surface area contributed by atoms with Crippen LogP contribution in [-0.2, 0) is 16.3 Å². The van der Waals surface area contributed by atoms with E-state index in [4.69, 9.17) is 9.88 Å². The summed E-state index contributed by atoms with van der Waals surface area (Å²) in [6.07, 6.45) is 5.23. The first-order valence-corrected chi connectivity index (χ1v) is 10.5. The van der Waals surface area contributed by atoms with Gasteiger partial charge in [0, 0.05) is 25.1 Å². The van der Waals surface area contributed by atoms with Crippen molar-refractivity contribution >= 4 is 11.8 Å². The van der Waals surface area contributed by atoms with Crippen LogP contribution in [0.15, 0.2) is 54.6 Å². The van der Waals surface area contributed by atoms with E-state index in [1.165, 1.54) is 0 Å². The lowest BCUT2D eigenvalue weighted by molar-refractivity contribution is -0.385. The lowest BCUT2D eigenvalue weighted by Crippen LogP contribution is -2.25. The number of hydroxylamine groups is 2. The van der Waals surface area contributed by atoms with Crippen LogP contribution in [-0.4, -0.2) is 29.9 Å². The number of nitrogens with zero attached hydrogens (tertiary/aromatic N) is 1. The van der Waals surface area contributed by atoms with Crippen LogP contribution in [0.4, 0.5) is 0 Å². The molecule has 0 N–H and O–H groups in total. The summed E-state index contributed by atoms with van der Waals surface area (Å²) in [4.78, 5) is 34.5. The van der Waals surface area contributed by atoms with E-state index in [2.05, 4.69) is 0 Å². The summed E-state index contributed by atoms with van der Waals surface area (Å²) in [6.45, 7) is 5.13. The monoisotopic (exact) mass is 397 g/mol. The van der Waals surface area contributed by atoms with Crippen LogP contribution < -0.4 is 0 Å². The van der Waals surface area contributed by atoms with Gasteiger partial charge in [0.25, 0.3) is 0 Å². The van der Waals surface area contributed by atoms with Gasteiger partial charge in [-0.25, -0.2) is 4.79 Å². The average molecular weight is 398 g/mol. The molecule has 0 atom stereocenters. The summed E-state index contributed by atoms with van der Waals surface area (Å²) < 4.78 is 0. The Morgan fingerprint density at radius 2 is 1.48 bits per heavy atom. The molecule has 2 aromatic carbocycles. The molecule has 0 heterocycles. The quantitative estimate of drug-likeness (QED) is 0.196.